The van der Waals surface area contributed by atoms with Crippen LogP contribution >= 0.6 is 11.6 Å². The van der Waals surface area contributed by atoms with Crippen LogP contribution in [0.3, 0.4) is 0 Å². The Labute approximate surface area is 129 Å². The number of nitrogens with one attached hydrogen (secondary N) is 1. The molecule has 0 aliphatic heterocycles. The third-order valence-electron chi connectivity index (χ3n) is 3.29. The van der Waals surface area contributed by atoms with E-state index in [0.29, 0.717) is 23.9 Å². The predicted octanol–water partition coefficient (Wildman–Crippen LogP) is 1.91. The molecule has 0 fully saturated rings. The van der Waals surface area contributed by atoms with Crippen LogP contribution in [0.5, 0.6) is 5.75 Å². The molecule has 2 N–H and O–H groups in total. The average Bonchev–Trinajstić information content (AvgIpc) is 2.79. The van der Waals surface area contributed by atoms with Gasteiger partial charge in [0.1, 0.15) is 18.5 Å². The third kappa shape index (κ3) is 4.74. The molecule has 1 atom stereocenters. The van der Waals surface area contributed by atoms with Crippen LogP contribution in [0.2, 0.25) is 5.02 Å². The van der Waals surface area contributed by atoms with Crippen molar-refractivity contribution in [1.29, 1.82) is 0 Å². The van der Waals surface area contributed by atoms with Crippen LogP contribution in [0.25, 0.3) is 0 Å². The number of aliphatic hydroxyl groups is 1. The van der Waals surface area contributed by atoms with Gasteiger partial charge in [-0.3, -0.25) is 4.68 Å². The molecule has 1 unspecified atom stereocenters. The highest BCUT2D eigenvalue weighted by atomic mass is 35.5. The van der Waals surface area contributed by atoms with Crippen molar-refractivity contribution in [3.63, 3.8) is 0 Å². The van der Waals surface area contributed by atoms with Gasteiger partial charge in [-0.2, -0.15) is 5.10 Å². The van der Waals surface area contributed by atoms with E-state index in [2.05, 4.69) is 10.4 Å². The summed E-state index contributed by atoms with van der Waals surface area (Å²) in [4.78, 5) is 0. The maximum atomic E-state index is 9.88. The molecule has 0 spiro atoms. The molecule has 21 heavy (non-hydrogen) atoms. The molecule has 114 valence electrons. The Bertz CT molecular complexity index is 569. The first-order chi connectivity index (χ1) is 10.1. The number of hydrogen-bond donors (Lipinski definition) is 2. The van der Waals surface area contributed by atoms with Gasteiger partial charge in [0.15, 0.2) is 0 Å². The Hall–Kier alpha value is -1.56. The second-order valence-corrected chi connectivity index (χ2v) is 5.36. The Balaban J connectivity index is 1.69. The van der Waals surface area contributed by atoms with Gasteiger partial charge in [-0.15, -0.1) is 0 Å². The molecular weight excluding hydrogens is 290 g/mol. The molecule has 0 bridgehead atoms. The highest BCUT2D eigenvalue weighted by Crippen LogP contribution is 2.15. The molecule has 0 amide bonds. The van der Waals surface area contributed by atoms with Crippen LogP contribution in [0, 0.1) is 6.92 Å². The molecule has 0 saturated carbocycles. The number of nitrogens with zero attached hydrogens (tertiary/aromatic N) is 2. The van der Waals surface area contributed by atoms with Crippen molar-refractivity contribution < 1.29 is 9.84 Å². The summed E-state index contributed by atoms with van der Waals surface area (Å²) >= 11 is 5.79. The number of aliphatic hydroxyl groups excluding tert-OH is 1. The van der Waals surface area contributed by atoms with Gasteiger partial charge in [0.05, 0.1) is 6.20 Å². The maximum Gasteiger partial charge on any atom is 0.119 e. The minimum Gasteiger partial charge on any atom is -0.491 e. The number of hydrogen-bond acceptors (Lipinski definition) is 4. The second-order valence-electron chi connectivity index (χ2n) is 4.93. The third-order valence-corrected chi connectivity index (χ3v) is 3.54. The van der Waals surface area contributed by atoms with E-state index in [-0.39, 0.29) is 6.61 Å². The van der Waals surface area contributed by atoms with Crippen molar-refractivity contribution in [2.45, 2.75) is 19.6 Å². The Morgan fingerprint density at radius 3 is 2.71 bits per heavy atom. The van der Waals surface area contributed by atoms with E-state index in [1.807, 2.05) is 24.9 Å². The number of benzene rings is 1. The highest BCUT2D eigenvalue weighted by molar-refractivity contribution is 6.30. The van der Waals surface area contributed by atoms with Crippen molar-refractivity contribution in [3.8, 4) is 5.75 Å². The summed E-state index contributed by atoms with van der Waals surface area (Å²) in [6, 6.07) is 7.07. The quantitative estimate of drug-likeness (QED) is 0.820. The van der Waals surface area contributed by atoms with E-state index in [0.717, 1.165) is 11.3 Å². The van der Waals surface area contributed by atoms with Crippen molar-refractivity contribution in [2.24, 2.45) is 7.05 Å². The predicted molar refractivity (Wildman–Crippen MR) is 82.6 cm³/mol. The van der Waals surface area contributed by atoms with Gasteiger partial charge in [0, 0.05) is 36.4 Å². The molecule has 1 aromatic carbocycles. The highest BCUT2D eigenvalue weighted by Gasteiger charge is 2.07. The zero-order valence-corrected chi connectivity index (χ0v) is 13.0. The second kappa shape index (κ2) is 7.45. The smallest absolute Gasteiger partial charge is 0.119 e. The van der Waals surface area contributed by atoms with E-state index in [1.54, 1.807) is 24.3 Å². The summed E-state index contributed by atoms with van der Waals surface area (Å²) < 4.78 is 7.32. The molecular formula is C15H20ClN3O2. The van der Waals surface area contributed by atoms with Crippen molar-refractivity contribution in [3.05, 3.63) is 46.7 Å². The number of halogens is 1. The van der Waals surface area contributed by atoms with Gasteiger partial charge >= 0.3 is 0 Å². The lowest BCUT2D eigenvalue weighted by molar-refractivity contribution is 0.106. The monoisotopic (exact) mass is 309 g/mol. The average molecular weight is 310 g/mol. The number of ether oxygens (including phenoxy) is 1. The minimum atomic E-state index is -0.572. The molecule has 2 rings (SSSR count). The topological polar surface area (TPSA) is 59.3 Å². The first-order valence-electron chi connectivity index (χ1n) is 6.81. The van der Waals surface area contributed by atoms with Gasteiger partial charge < -0.3 is 15.2 Å². The fraction of sp³-hybridized carbons (Fsp3) is 0.400. The zero-order chi connectivity index (χ0) is 15.2. The van der Waals surface area contributed by atoms with Crippen LogP contribution < -0.4 is 10.1 Å². The van der Waals surface area contributed by atoms with Gasteiger partial charge in [0.25, 0.3) is 0 Å². The molecule has 0 aliphatic carbocycles. The van der Waals surface area contributed by atoms with Crippen LogP contribution in [-0.2, 0) is 13.6 Å². The van der Waals surface area contributed by atoms with Crippen molar-refractivity contribution in [2.75, 3.05) is 13.2 Å². The van der Waals surface area contributed by atoms with Crippen molar-refractivity contribution in [1.82, 2.24) is 15.1 Å². The maximum absolute atomic E-state index is 9.88. The van der Waals surface area contributed by atoms with E-state index in [4.69, 9.17) is 16.3 Å². The molecule has 1 aromatic heterocycles. The fourth-order valence-electron chi connectivity index (χ4n) is 1.87. The van der Waals surface area contributed by atoms with E-state index < -0.39 is 6.10 Å². The fourth-order valence-corrected chi connectivity index (χ4v) is 2.00. The van der Waals surface area contributed by atoms with Gasteiger partial charge in [-0.05, 0) is 31.2 Å². The number of aryl methyl sites for hydroxylation is 1. The standard InChI is InChI=1S/C15H20ClN3O2/c1-11-12(8-18-19(11)2)7-17-9-14(20)10-21-15-5-3-13(16)4-6-15/h3-6,8,14,17,20H,7,9-10H2,1-2H3. The Morgan fingerprint density at radius 1 is 1.38 bits per heavy atom. The van der Waals surface area contributed by atoms with Crippen LogP contribution in [0.4, 0.5) is 0 Å². The molecule has 6 heteroatoms. The lowest BCUT2D eigenvalue weighted by Crippen LogP contribution is -2.31. The first kappa shape index (κ1) is 15.8. The SMILES string of the molecule is Cc1c(CNCC(O)COc2ccc(Cl)cc2)cnn1C. The molecule has 1 heterocycles. The van der Waals surface area contributed by atoms with E-state index >= 15 is 0 Å². The summed E-state index contributed by atoms with van der Waals surface area (Å²) in [5.74, 6) is 0.696. The van der Waals surface area contributed by atoms with Gasteiger partial charge in [-0.25, -0.2) is 0 Å². The number of rotatable bonds is 7. The molecule has 0 aliphatic rings. The van der Waals surface area contributed by atoms with Gasteiger partial charge in [-0.1, -0.05) is 11.6 Å². The summed E-state index contributed by atoms with van der Waals surface area (Å²) in [5.41, 5.74) is 2.25. The molecule has 0 saturated heterocycles. The van der Waals surface area contributed by atoms with Crippen LogP contribution in [0.15, 0.2) is 30.5 Å². The van der Waals surface area contributed by atoms with E-state index in [9.17, 15) is 5.11 Å². The van der Waals surface area contributed by atoms with E-state index in [1.165, 1.54) is 0 Å². The molecule has 5 nitrogen and oxygen atoms in total. The summed E-state index contributed by atoms with van der Waals surface area (Å²) in [6.07, 6.45) is 1.26. The summed E-state index contributed by atoms with van der Waals surface area (Å²) in [7, 11) is 1.91. The Kier molecular flexibility index (Phi) is 5.61. The molecule has 0 radical (unpaired) electrons. The Morgan fingerprint density at radius 2 is 2.10 bits per heavy atom. The normalized spacial score (nSPS) is 12.4. The lowest BCUT2D eigenvalue weighted by Gasteiger charge is -2.13. The van der Waals surface area contributed by atoms with Crippen molar-refractivity contribution >= 4 is 11.6 Å². The van der Waals surface area contributed by atoms with Crippen LogP contribution in [0.1, 0.15) is 11.3 Å². The van der Waals surface area contributed by atoms with Crippen LogP contribution in [-0.4, -0.2) is 34.1 Å². The number of aromatic nitrogens is 2. The lowest BCUT2D eigenvalue weighted by atomic mass is 10.2. The summed E-state index contributed by atoms with van der Waals surface area (Å²) in [6.45, 7) is 3.39. The zero-order valence-electron chi connectivity index (χ0n) is 12.2. The first-order valence-corrected chi connectivity index (χ1v) is 7.18. The minimum absolute atomic E-state index is 0.237. The van der Waals surface area contributed by atoms with Gasteiger partial charge in [0.2, 0.25) is 0 Å². The summed E-state index contributed by atoms with van der Waals surface area (Å²) in [5, 5.41) is 17.9. The molecule has 2 aromatic rings. The largest absolute Gasteiger partial charge is 0.491 e.